The Morgan fingerprint density at radius 3 is 2.44 bits per heavy atom. The fourth-order valence-corrected chi connectivity index (χ4v) is 3.53. The van der Waals surface area contributed by atoms with E-state index in [1.54, 1.807) is 0 Å². The summed E-state index contributed by atoms with van der Waals surface area (Å²) in [5.41, 5.74) is 11.1. The molecule has 1 aromatic heterocycles. The fourth-order valence-electron chi connectivity index (χ4n) is 2.50. The van der Waals surface area contributed by atoms with Gasteiger partial charge in [-0.3, -0.25) is 4.79 Å². The van der Waals surface area contributed by atoms with Crippen LogP contribution in [0.25, 0.3) is 0 Å². The van der Waals surface area contributed by atoms with Gasteiger partial charge in [0.05, 0.1) is 33.4 Å². The largest absolute Gasteiger partial charge is 0.382 e. The normalized spacial score (nSPS) is 13.4. The van der Waals surface area contributed by atoms with Gasteiger partial charge in [0.1, 0.15) is 0 Å². The first-order chi connectivity index (χ1) is 12.4. The molecule has 1 heterocycles. The lowest BCUT2D eigenvalue weighted by molar-refractivity contribution is -0.916. The number of anilines is 2. The smallest absolute Gasteiger partial charge is 0.273 e. The molecule has 1 rings (SSSR count). The van der Waals surface area contributed by atoms with Crippen molar-refractivity contribution in [3.63, 3.8) is 0 Å². The number of quaternary nitrogens is 1. The number of hydrogen-bond donors (Lipinski definition) is 4. The molecule has 0 aliphatic heterocycles. The van der Waals surface area contributed by atoms with E-state index in [1.807, 2.05) is 21.0 Å². The number of sulfonamides is 1. The van der Waals surface area contributed by atoms with E-state index in [4.69, 9.17) is 23.1 Å². The van der Waals surface area contributed by atoms with Crippen LogP contribution in [-0.4, -0.2) is 68.4 Å². The van der Waals surface area contributed by atoms with Gasteiger partial charge in [-0.1, -0.05) is 24.9 Å². The van der Waals surface area contributed by atoms with E-state index in [0.717, 1.165) is 19.1 Å². The van der Waals surface area contributed by atoms with Gasteiger partial charge in [-0.05, 0) is 6.42 Å². The van der Waals surface area contributed by atoms with E-state index >= 15 is 0 Å². The molecule has 1 atom stereocenters. The van der Waals surface area contributed by atoms with Gasteiger partial charge in [0.2, 0.25) is 10.0 Å². The lowest BCUT2D eigenvalue weighted by Gasteiger charge is -2.38. The molecule has 1 unspecified atom stereocenters. The third-order valence-electron chi connectivity index (χ3n) is 4.12. The molecular formula is C15H29ClN7O3S+. The van der Waals surface area contributed by atoms with Crippen LogP contribution in [0.3, 0.4) is 0 Å². The summed E-state index contributed by atoms with van der Waals surface area (Å²) < 4.78 is 26.4. The second-order valence-electron chi connectivity index (χ2n) is 6.94. The lowest BCUT2D eigenvalue weighted by Crippen LogP contribution is -2.59. The average molecular weight is 423 g/mol. The van der Waals surface area contributed by atoms with Crippen molar-refractivity contribution in [2.24, 2.45) is 0 Å². The summed E-state index contributed by atoms with van der Waals surface area (Å²) in [5.74, 6) is -0.681. The Morgan fingerprint density at radius 1 is 1.26 bits per heavy atom. The number of rotatable bonds is 10. The molecule has 0 radical (unpaired) electrons. The topological polar surface area (TPSA) is 153 Å². The van der Waals surface area contributed by atoms with Crippen LogP contribution in [0.4, 0.5) is 11.6 Å². The minimum Gasteiger partial charge on any atom is -0.382 e. The van der Waals surface area contributed by atoms with Crippen LogP contribution in [-0.2, 0) is 10.0 Å². The number of halogens is 1. The van der Waals surface area contributed by atoms with Crippen molar-refractivity contribution in [3.8, 4) is 0 Å². The van der Waals surface area contributed by atoms with E-state index in [1.165, 1.54) is 0 Å². The van der Waals surface area contributed by atoms with Crippen LogP contribution in [0.5, 0.6) is 0 Å². The Hall–Kier alpha value is -1.69. The second kappa shape index (κ2) is 9.49. The molecular weight excluding hydrogens is 394 g/mol. The summed E-state index contributed by atoms with van der Waals surface area (Å²) in [6.07, 6.45) is 3.37. The maximum Gasteiger partial charge on any atom is 0.273 e. The summed E-state index contributed by atoms with van der Waals surface area (Å²) in [4.78, 5) is 19.9. The van der Waals surface area contributed by atoms with E-state index in [2.05, 4.69) is 20.0 Å². The number of likely N-dealkylation sites (N-methyl/N-ethyl adjacent to an activating group) is 1. The molecule has 6 N–H and O–H groups in total. The molecule has 0 aliphatic carbocycles. The Bertz CT molecular complexity index is 771. The molecule has 1 amide bonds. The molecule has 0 fully saturated rings. The molecule has 27 heavy (non-hydrogen) atoms. The molecule has 0 saturated carbocycles. The van der Waals surface area contributed by atoms with Gasteiger partial charge < -0.3 is 21.3 Å². The third-order valence-corrected chi connectivity index (χ3v) is 5.10. The van der Waals surface area contributed by atoms with E-state index in [0.29, 0.717) is 17.4 Å². The maximum atomic E-state index is 12.3. The van der Waals surface area contributed by atoms with Crippen molar-refractivity contribution in [1.82, 2.24) is 20.0 Å². The van der Waals surface area contributed by atoms with Crippen molar-refractivity contribution in [2.45, 2.75) is 32.4 Å². The first kappa shape index (κ1) is 23.3. The number of carbonyl (C=O) groups is 1. The maximum absolute atomic E-state index is 12.3. The number of nitrogens with one attached hydrogen (secondary N) is 2. The van der Waals surface area contributed by atoms with Crippen molar-refractivity contribution in [2.75, 3.05) is 44.9 Å². The second-order valence-corrected chi connectivity index (χ2v) is 9.08. The van der Waals surface area contributed by atoms with Crippen molar-refractivity contribution in [1.29, 1.82) is 0 Å². The molecule has 0 aliphatic rings. The predicted molar refractivity (Wildman–Crippen MR) is 106 cm³/mol. The molecule has 1 aromatic rings. The van der Waals surface area contributed by atoms with Crippen LogP contribution in [0, 0.1) is 0 Å². The van der Waals surface area contributed by atoms with Crippen LogP contribution in [0.15, 0.2) is 0 Å². The highest BCUT2D eigenvalue weighted by molar-refractivity contribution is 7.88. The van der Waals surface area contributed by atoms with Crippen LogP contribution in [0.1, 0.15) is 36.7 Å². The monoisotopic (exact) mass is 422 g/mol. The Labute approximate surface area is 165 Å². The summed E-state index contributed by atoms with van der Waals surface area (Å²) in [7, 11) is 0.453. The zero-order valence-electron chi connectivity index (χ0n) is 16.1. The van der Waals surface area contributed by atoms with E-state index < -0.39 is 15.9 Å². The number of aromatic nitrogens is 2. The van der Waals surface area contributed by atoms with E-state index in [-0.39, 0.29) is 35.2 Å². The Morgan fingerprint density at radius 2 is 1.89 bits per heavy atom. The molecule has 10 nitrogen and oxygen atoms in total. The Balaban J connectivity index is 2.76. The van der Waals surface area contributed by atoms with Gasteiger partial charge in [0.25, 0.3) is 5.91 Å². The number of nitrogens with two attached hydrogens (primary N) is 2. The molecule has 154 valence electrons. The summed E-state index contributed by atoms with van der Waals surface area (Å²) in [6.45, 7) is 2.81. The highest BCUT2D eigenvalue weighted by atomic mass is 35.5. The number of amides is 1. The van der Waals surface area contributed by atoms with Gasteiger partial charge in [-0.25, -0.2) is 18.4 Å². The van der Waals surface area contributed by atoms with Gasteiger partial charge in [0.15, 0.2) is 28.6 Å². The van der Waals surface area contributed by atoms with Gasteiger partial charge in [-0.2, -0.15) is 4.72 Å². The standard InChI is InChI=1S/C15H28ClN7O3S/c1-5-6-7-10(22-27(4,25)26)23(2,3)9-8-19-15(24)11-13(17)21-14(18)12(16)20-11/h10,22H,5-9H2,1-4H3,(H4-,17,18,19,21,24)/p+1. The number of nitrogens with zero attached hydrogens (tertiary/aromatic N) is 3. The SMILES string of the molecule is CCCCC(NS(C)(=O)=O)[N+](C)(C)CCNC(=O)c1nc(Cl)c(N)nc1N. The number of unbranched alkanes of at least 4 members (excludes halogenated alkanes) is 1. The van der Waals surface area contributed by atoms with Gasteiger partial charge >= 0.3 is 0 Å². The molecule has 12 heteroatoms. The predicted octanol–water partition coefficient (Wildman–Crippen LogP) is 0.166. The van der Waals surface area contributed by atoms with Crippen molar-refractivity contribution >= 4 is 39.2 Å². The highest BCUT2D eigenvalue weighted by Crippen LogP contribution is 2.17. The van der Waals surface area contributed by atoms with Crippen molar-refractivity contribution < 1.29 is 17.7 Å². The summed E-state index contributed by atoms with van der Waals surface area (Å²) >= 11 is 5.79. The minimum atomic E-state index is -3.35. The minimum absolute atomic E-state index is 0.0471. The molecule has 0 aromatic carbocycles. The van der Waals surface area contributed by atoms with Gasteiger partial charge in [-0.15, -0.1) is 0 Å². The highest BCUT2D eigenvalue weighted by Gasteiger charge is 2.30. The number of hydrogen-bond acceptors (Lipinski definition) is 7. The zero-order chi connectivity index (χ0) is 20.8. The number of carbonyl (C=O) groups excluding carboxylic acids is 1. The third kappa shape index (κ3) is 7.45. The van der Waals surface area contributed by atoms with Crippen LogP contribution < -0.4 is 21.5 Å². The molecule has 0 bridgehead atoms. The van der Waals surface area contributed by atoms with E-state index in [9.17, 15) is 13.2 Å². The first-order valence-corrected chi connectivity index (χ1v) is 10.8. The summed E-state index contributed by atoms with van der Waals surface area (Å²) in [6, 6.07) is 0. The fraction of sp³-hybridized carbons (Fsp3) is 0.667. The van der Waals surface area contributed by atoms with Gasteiger partial charge in [0, 0.05) is 6.42 Å². The lowest BCUT2D eigenvalue weighted by atomic mass is 10.2. The zero-order valence-corrected chi connectivity index (χ0v) is 17.7. The first-order valence-electron chi connectivity index (χ1n) is 8.54. The number of nitrogen functional groups attached to an aromatic ring is 2. The van der Waals surface area contributed by atoms with Crippen LogP contribution >= 0.6 is 11.6 Å². The molecule has 0 saturated heterocycles. The Kier molecular flexibility index (Phi) is 8.21. The average Bonchev–Trinajstić information content (AvgIpc) is 2.53. The van der Waals surface area contributed by atoms with Crippen LogP contribution in [0.2, 0.25) is 5.15 Å². The summed E-state index contributed by atoms with van der Waals surface area (Å²) in [5, 5.41) is 2.61. The quantitative estimate of drug-likeness (QED) is 0.309. The van der Waals surface area contributed by atoms with Crippen molar-refractivity contribution in [3.05, 3.63) is 10.8 Å². The molecule has 0 spiro atoms.